The largest absolute Gasteiger partial charge is 0.411 e. The smallest absolute Gasteiger partial charge is 0.176 e. The Labute approximate surface area is 170 Å². The minimum atomic E-state index is 0.638. The van der Waals surface area contributed by atoms with Crippen LogP contribution in [0.1, 0.15) is 37.7 Å². The first-order valence-electron chi connectivity index (χ1n) is 10.5. The van der Waals surface area contributed by atoms with Crippen molar-refractivity contribution in [3.8, 4) is 11.4 Å². The van der Waals surface area contributed by atoms with Crippen LogP contribution < -0.4 is 4.84 Å². The Bertz CT molecular complexity index is 1060. The molecule has 0 aliphatic heterocycles. The summed E-state index contributed by atoms with van der Waals surface area (Å²) in [5.74, 6) is 1.51. The predicted molar refractivity (Wildman–Crippen MR) is 115 cm³/mol. The summed E-state index contributed by atoms with van der Waals surface area (Å²) in [7, 11) is 0. The molecule has 0 spiro atoms. The third kappa shape index (κ3) is 3.90. The van der Waals surface area contributed by atoms with Crippen molar-refractivity contribution < 1.29 is 4.84 Å². The van der Waals surface area contributed by atoms with Crippen LogP contribution in [0.3, 0.4) is 0 Å². The second-order valence-corrected chi connectivity index (χ2v) is 7.95. The molecule has 0 radical (unpaired) electrons. The molecule has 2 aromatic heterocycles. The third-order valence-corrected chi connectivity index (χ3v) is 5.80. The van der Waals surface area contributed by atoms with E-state index in [1.165, 1.54) is 37.7 Å². The molecule has 4 aromatic rings. The number of benzene rings is 2. The quantitative estimate of drug-likeness (QED) is 0.471. The molecule has 2 aromatic carbocycles. The molecule has 1 saturated carbocycles. The van der Waals surface area contributed by atoms with Crippen molar-refractivity contribution >= 4 is 11.0 Å². The molecule has 1 aliphatic carbocycles. The molecule has 1 aliphatic rings. The van der Waals surface area contributed by atoms with E-state index in [4.69, 9.17) is 9.82 Å². The van der Waals surface area contributed by atoms with Gasteiger partial charge in [-0.2, -0.15) is 4.73 Å². The van der Waals surface area contributed by atoms with Crippen molar-refractivity contribution in [2.24, 2.45) is 5.92 Å². The summed E-state index contributed by atoms with van der Waals surface area (Å²) in [5.41, 5.74) is 4.26. The van der Waals surface area contributed by atoms with E-state index in [9.17, 15) is 0 Å². The fourth-order valence-electron chi connectivity index (χ4n) is 4.22. The van der Waals surface area contributed by atoms with Crippen LogP contribution in [0.25, 0.3) is 22.4 Å². The van der Waals surface area contributed by atoms with Gasteiger partial charge in [0.05, 0.1) is 11.8 Å². The fraction of sp³-hybridized carbons (Fsp3) is 0.333. The van der Waals surface area contributed by atoms with E-state index >= 15 is 0 Å². The second kappa shape index (κ2) is 8.11. The lowest BCUT2D eigenvalue weighted by Gasteiger charge is -2.22. The maximum Gasteiger partial charge on any atom is 0.176 e. The van der Waals surface area contributed by atoms with Crippen molar-refractivity contribution in [2.45, 2.75) is 38.6 Å². The van der Waals surface area contributed by atoms with Crippen LogP contribution in [0.5, 0.6) is 0 Å². The first-order valence-corrected chi connectivity index (χ1v) is 10.5. The van der Waals surface area contributed by atoms with Crippen molar-refractivity contribution in [1.29, 1.82) is 0 Å². The van der Waals surface area contributed by atoms with E-state index in [-0.39, 0.29) is 0 Å². The molecule has 0 N–H and O–H groups in total. The van der Waals surface area contributed by atoms with Gasteiger partial charge in [0, 0.05) is 24.5 Å². The first kappa shape index (κ1) is 18.0. The van der Waals surface area contributed by atoms with Crippen molar-refractivity contribution in [2.75, 3.05) is 6.61 Å². The van der Waals surface area contributed by atoms with Gasteiger partial charge in [-0.15, -0.1) is 0 Å². The highest BCUT2D eigenvalue weighted by atomic mass is 16.7. The summed E-state index contributed by atoms with van der Waals surface area (Å²) in [6.07, 6.45) is 12.2. The molecular weight excluding hydrogens is 360 g/mol. The normalized spacial score (nSPS) is 15.0. The molecule has 148 valence electrons. The van der Waals surface area contributed by atoms with Gasteiger partial charge < -0.3 is 9.40 Å². The number of rotatable bonds is 6. The van der Waals surface area contributed by atoms with E-state index in [2.05, 4.69) is 39.9 Å². The van der Waals surface area contributed by atoms with E-state index in [1.807, 2.05) is 41.7 Å². The minimum Gasteiger partial charge on any atom is -0.411 e. The molecule has 0 unspecified atom stereocenters. The number of nitrogens with zero attached hydrogens (tertiary/aromatic N) is 4. The Morgan fingerprint density at radius 2 is 1.86 bits per heavy atom. The molecule has 5 nitrogen and oxygen atoms in total. The van der Waals surface area contributed by atoms with Crippen LogP contribution in [0.15, 0.2) is 67.3 Å². The summed E-state index contributed by atoms with van der Waals surface area (Å²) in [4.78, 5) is 15.5. The summed E-state index contributed by atoms with van der Waals surface area (Å²) in [5, 5.41) is 0. The minimum absolute atomic E-state index is 0.638. The number of fused-ring (bicyclic) bond motifs is 1. The molecule has 0 atom stereocenters. The Morgan fingerprint density at radius 1 is 1.00 bits per heavy atom. The summed E-state index contributed by atoms with van der Waals surface area (Å²) in [6.45, 7) is 1.53. The average Bonchev–Trinajstić information content (AvgIpc) is 3.41. The standard InChI is InChI=1S/C24H26N4O/c1-3-7-19(8-4-1)17-29-28-23-15-20(16-27-14-13-25-18-27)11-12-22(23)26-24(28)21-9-5-2-6-10-21/h2,5-6,9-15,18-19H,1,3-4,7-8,16-17H2. The van der Waals surface area contributed by atoms with Crippen LogP contribution >= 0.6 is 0 Å². The van der Waals surface area contributed by atoms with Gasteiger partial charge in [0.1, 0.15) is 12.1 Å². The molecule has 0 amide bonds. The molecule has 2 heterocycles. The monoisotopic (exact) mass is 386 g/mol. The van der Waals surface area contributed by atoms with Gasteiger partial charge >= 0.3 is 0 Å². The SMILES string of the molecule is c1ccc(-c2nc3ccc(Cn4ccnc4)cc3n2OCC2CCCCC2)cc1. The lowest BCUT2D eigenvalue weighted by molar-refractivity contribution is 0.0779. The average molecular weight is 386 g/mol. The zero-order chi connectivity index (χ0) is 19.5. The molecular formula is C24H26N4O. The molecule has 5 heteroatoms. The van der Waals surface area contributed by atoms with Crippen molar-refractivity contribution in [1.82, 2.24) is 19.3 Å². The third-order valence-electron chi connectivity index (χ3n) is 5.80. The van der Waals surface area contributed by atoms with Crippen LogP contribution in [-0.2, 0) is 6.54 Å². The summed E-state index contributed by atoms with van der Waals surface area (Å²) < 4.78 is 4.03. The highest BCUT2D eigenvalue weighted by Crippen LogP contribution is 2.27. The molecule has 0 bridgehead atoms. The maximum absolute atomic E-state index is 6.41. The lowest BCUT2D eigenvalue weighted by atomic mass is 9.90. The summed E-state index contributed by atoms with van der Waals surface area (Å²) >= 11 is 0. The Balaban J connectivity index is 1.51. The van der Waals surface area contributed by atoms with Crippen LogP contribution in [0.4, 0.5) is 0 Å². The van der Waals surface area contributed by atoms with Gasteiger partial charge in [-0.3, -0.25) is 0 Å². The first-order chi connectivity index (χ1) is 14.4. The van der Waals surface area contributed by atoms with Gasteiger partial charge in [-0.25, -0.2) is 9.97 Å². The van der Waals surface area contributed by atoms with Gasteiger partial charge in [0.2, 0.25) is 0 Å². The Hall–Kier alpha value is -3.08. The van der Waals surface area contributed by atoms with E-state index in [1.54, 1.807) is 0 Å². The van der Waals surface area contributed by atoms with E-state index in [0.29, 0.717) is 5.92 Å². The molecule has 1 fully saturated rings. The lowest BCUT2D eigenvalue weighted by Crippen LogP contribution is -2.22. The number of hydrogen-bond acceptors (Lipinski definition) is 3. The number of hydrogen-bond donors (Lipinski definition) is 0. The zero-order valence-electron chi connectivity index (χ0n) is 16.6. The number of aromatic nitrogens is 4. The van der Waals surface area contributed by atoms with Gasteiger partial charge in [0.25, 0.3) is 0 Å². The Kier molecular flexibility index (Phi) is 5.03. The zero-order valence-corrected chi connectivity index (χ0v) is 16.6. The highest BCUT2D eigenvalue weighted by Gasteiger charge is 2.18. The molecule has 0 saturated heterocycles. The van der Waals surface area contributed by atoms with Crippen LogP contribution in [-0.4, -0.2) is 25.9 Å². The van der Waals surface area contributed by atoms with Gasteiger partial charge in [0.15, 0.2) is 5.82 Å². The second-order valence-electron chi connectivity index (χ2n) is 7.95. The topological polar surface area (TPSA) is 44.9 Å². The molecule has 5 rings (SSSR count). The van der Waals surface area contributed by atoms with E-state index in [0.717, 1.165) is 35.6 Å². The van der Waals surface area contributed by atoms with Crippen molar-refractivity contribution in [3.05, 3.63) is 72.8 Å². The van der Waals surface area contributed by atoms with Crippen LogP contribution in [0.2, 0.25) is 0 Å². The molecule has 29 heavy (non-hydrogen) atoms. The Morgan fingerprint density at radius 3 is 2.66 bits per heavy atom. The predicted octanol–water partition coefficient (Wildman–Crippen LogP) is 4.96. The fourth-order valence-corrected chi connectivity index (χ4v) is 4.22. The van der Waals surface area contributed by atoms with Gasteiger partial charge in [-0.1, -0.05) is 55.7 Å². The highest BCUT2D eigenvalue weighted by molar-refractivity contribution is 5.81. The van der Waals surface area contributed by atoms with Gasteiger partial charge in [-0.05, 0) is 36.5 Å². The number of imidazole rings is 2. The summed E-state index contributed by atoms with van der Waals surface area (Å²) in [6, 6.07) is 16.7. The maximum atomic E-state index is 6.41. The van der Waals surface area contributed by atoms with Crippen LogP contribution in [0, 0.1) is 5.92 Å². The van der Waals surface area contributed by atoms with E-state index < -0.39 is 0 Å². The van der Waals surface area contributed by atoms with Crippen molar-refractivity contribution in [3.63, 3.8) is 0 Å².